The van der Waals surface area contributed by atoms with E-state index in [4.69, 9.17) is 5.73 Å². The summed E-state index contributed by atoms with van der Waals surface area (Å²) in [6.45, 7) is 8.70. The van der Waals surface area contributed by atoms with Crippen molar-refractivity contribution in [2.24, 2.45) is 5.73 Å². The zero-order valence-electron chi connectivity index (χ0n) is 11.3. The van der Waals surface area contributed by atoms with E-state index in [9.17, 15) is 0 Å². The van der Waals surface area contributed by atoms with E-state index in [1.54, 1.807) is 0 Å². The molecule has 0 amide bonds. The highest BCUT2D eigenvalue weighted by Crippen LogP contribution is 2.19. The maximum Gasteiger partial charge on any atom is 0.0427 e. The molecule has 1 aromatic heterocycles. The highest BCUT2D eigenvalue weighted by atomic mass is 15.3. The van der Waals surface area contributed by atoms with Gasteiger partial charge >= 0.3 is 0 Å². The van der Waals surface area contributed by atoms with Gasteiger partial charge in [0.25, 0.3) is 0 Å². The van der Waals surface area contributed by atoms with E-state index in [0.29, 0.717) is 0 Å². The predicted molar refractivity (Wildman–Crippen MR) is 75.9 cm³/mol. The fourth-order valence-corrected chi connectivity index (χ4v) is 2.51. The fourth-order valence-electron chi connectivity index (χ4n) is 2.51. The van der Waals surface area contributed by atoms with Crippen LogP contribution < -0.4 is 10.6 Å². The number of anilines is 1. The van der Waals surface area contributed by atoms with Crippen LogP contribution in [0.4, 0.5) is 5.69 Å². The molecule has 1 aromatic rings. The molecule has 0 spiro atoms. The summed E-state index contributed by atoms with van der Waals surface area (Å²) in [7, 11) is 0. The molecule has 4 heteroatoms. The third-order valence-corrected chi connectivity index (χ3v) is 3.63. The van der Waals surface area contributed by atoms with Crippen LogP contribution in [-0.2, 0) is 0 Å². The number of hydrogen-bond acceptors (Lipinski definition) is 4. The quantitative estimate of drug-likeness (QED) is 0.797. The summed E-state index contributed by atoms with van der Waals surface area (Å²) in [5.74, 6) is 0. The van der Waals surface area contributed by atoms with Gasteiger partial charge in [0.15, 0.2) is 0 Å². The minimum absolute atomic E-state index is 0.816. The lowest BCUT2D eigenvalue weighted by atomic mass is 10.2. The average Bonchev–Trinajstić information content (AvgIpc) is 2.41. The first-order valence-electron chi connectivity index (χ1n) is 6.89. The molecule has 0 bridgehead atoms. The molecule has 0 radical (unpaired) electrons. The molecule has 0 unspecified atom stereocenters. The van der Waals surface area contributed by atoms with E-state index in [1.165, 1.54) is 24.2 Å². The van der Waals surface area contributed by atoms with Crippen LogP contribution in [0.1, 0.15) is 18.4 Å². The number of rotatable bonds is 5. The number of aromatic nitrogens is 1. The van der Waals surface area contributed by atoms with E-state index >= 15 is 0 Å². The molecule has 1 fully saturated rings. The van der Waals surface area contributed by atoms with Crippen LogP contribution in [0.5, 0.6) is 0 Å². The van der Waals surface area contributed by atoms with Crippen molar-refractivity contribution in [3.05, 3.63) is 24.0 Å². The van der Waals surface area contributed by atoms with Crippen molar-refractivity contribution in [1.29, 1.82) is 0 Å². The molecule has 1 saturated heterocycles. The van der Waals surface area contributed by atoms with Crippen molar-refractivity contribution in [3.8, 4) is 0 Å². The van der Waals surface area contributed by atoms with E-state index in [0.717, 1.165) is 39.1 Å². The van der Waals surface area contributed by atoms with Gasteiger partial charge in [-0.25, -0.2) is 0 Å². The monoisotopic (exact) mass is 248 g/mol. The zero-order chi connectivity index (χ0) is 12.8. The lowest BCUT2D eigenvalue weighted by Gasteiger charge is -2.36. The summed E-state index contributed by atoms with van der Waals surface area (Å²) in [6, 6.07) is 2.12. The van der Waals surface area contributed by atoms with Gasteiger partial charge in [-0.15, -0.1) is 0 Å². The van der Waals surface area contributed by atoms with Gasteiger partial charge in [0, 0.05) is 44.3 Å². The number of unbranched alkanes of at least 4 members (excludes halogenated alkanes) is 1. The Kier molecular flexibility index (Phi) is 4.96. The van der Waals surface area contributed by atoms with Crippen LogP contribution in [0.3, 0.4) is 0 Å². The summed E-state index contributed by atoms with van der Waals surface area (Å²) in [4.78, 5) is 9.17. The number of aryl methyl sites for hydroxylation is 1. The highest BCUT2D eigenvalue weighted by molar-refractivity contribution is 5.51. The Bertz CT molecular complexity index is 359. The summed E-state index contributed by atoms with van der Waals surface area (Å²) >= 11 is 0. The zero-order valence-corrected chi connectivity index (χ0v) is 11.3. The van der Waals surface area contributed by atoms with Crippen LogP contribution in [0, 0.1) is 6.92 Å². The molecule has 18 heavy (non-hydrogen) atoms. The second-order valence-corrected chi connectivity index (χ2v) is 4.99. The first-order chi connectivity index (χ1) is 8.81. The molecule has 0 saturated carbocycles. The summed E-state index contributed by atoms with van der Waals surface area (Å²) in [5.41, 5.74) is 8.14. The molecule has 1 aliphatic heterocycles. The molecular formula is C14H24N4. The largest absolute Gasteiger partial charge is 0.369 e. The maximum atomic E-state index is 5.53. The van der Waals surface area contributed by atoms with Crippen molar-refractivity contribution in [2.45, 2.75) is 19.8 Å². The Morgan fingerprint density at radius 2 is 2.00 bits per heavy atom. The Hall–Kier alpha value is -1.13. The first-order valence-corrected chi connectivity index (χ1v) is 6.89. The molecule has 2 heterocycles. The molecule has 100 valence electrons. The summed E-state index contributed by atoms with van der Waals surface area (Å²) in [5, 5.41) is 0. The number of pyridine rings is 1. The van der Waals surface area contributed by atoms with Gasteiger partial charge in [0.2, 0.25) is 0 Å². The second kappa shape index (κ2) is 6.71. The first kappa shape index (κ1) is 13.3. The number of hydrogen-bond donors (Lipinski definition) is 1. The molecule has 4 nitrogen and oxygen atoms in total. The Morgan fingerprint density at radius 3 is 2.67 bits per heavy atom. The molecule has 2 N–H and O–H groups in total. The van der Waals surface area contributed by atoms with Crippen LogP contribution in [0.25, 0.3) is 0 Å². The highest BCUT2D eigenvalue weighted by Gasteiger charge is 2.17. The van der Waals surface area contributed by atoms with Crippen molar-refractivity contribution >= 4 is 5.69 Å². The van der Waals surface area contributed by atoms with Gasteiger partial charge in [0.05, 0.1) is 0 Å². The Balaban J connectivity index is 1.81. The summed E-state index contributed by atoms with van der Waals surface area (Å²) < 4.78 is 0. The minimum atomic E-state index is 0.816. The Morgan fingerprint density at radius 1 is 1.22 bits per heavy atom. The topological polar surface area (TPSA) is 45.4 Å². The van der Waals surface area contributed by atoms with Gasteiger partial charge in [-0.2, -0.15) is 0 Å². The smallest absolute Gasteiger partial charge is 0.0427 e. The number of nitrogens with two attached hydrogens (primary N) is 1. The van der Waals surface area contributed by atoms with Crippen molar-refractivity contribution < 1.29 is 0 Å². The molecule has 2 rings (SSSR count). The van der Waals surface area contributed by atoms with Gasteiger partial charge in [0.1, 0.15) is 0 Å². The normalized spacial score (nSPS) is 17.1. The molecule has 0 atom stereocenters. The lowest BCUT2D eigenvalue weighted by Crippen LogP contribution is -2.46. The molecular weight excluding hydrogens is 224 g/mol. The molecule has 1 aliphatic rings. The van der Waals surface area contributed by atoms with E-state index in [2.05, 4.69) is 27.8 Å². The van der Waals surface area contributed by atoms with Gasteiger partial charge in [-0.05, 0) is 44.5 Å². The predicted octanol–water partition coefficient (Wildman–Crippen LogP) is 1.25. The van der Waals surface area contributed by atoms with E-state index < -0.39 is 0 Å². The number of piperazine rings is 1. The number of nitrogens with zero attached hydrogens (tertiary/aromatic N) is 3. The van der Waals surface area contributed by atoms with Crippen LogP contribution >= 0.6 is 0 Å². The SMILES string of the molecule is Cc1cnccc1N1CCN(CCCCN)CC1. The van der Waals surface area contributed by atoms with E-state index in [-0.39, 0.29) is 0 Å². The summed E-state index contributed by atoms with van der Waals surface area (Å²) in [6.07, 6.45) is 6.20. The lowest BCUT2D eigenvalue weighted by molar-refractivity contribution is 0.253. The Labute approximate surface area is 110 Å². The van der Waals surface area contributed by atoms with Crippen LogP contribution in [0.2, 0.25) is 0 Å². The minimum Gasteiger partial charge on any atom is -0.369 e. The van der Waals surface area contributed by atoms with Crippen molar-refractivity contribution in [2.75, 3.05) is 44.2 Å². The standard InChI is InChI=1S/C14H24N4/c1-13-12-16-6-4-14(13)18-10-8-17(9-11-18)7-3-2-5-15/h4,6,12H,2-3,5,7-11,15H2,1H3. The molecule has 0 aliphatic carbocycles. The fraction of sp³-hybridized carbons (Fsp3) is 0.643. The second-order valence-electron chi connectivity index (χ2n) is 4.99. The van der Waals surface area contributed by atoms with Crippen LogP contribution in [0.15, 0.2) is 18.5 Å². The van der Waals surface area contributed by atoms with E-state index in [1.807, 2.05) is 12.4 Å². The van der Waals surface area contributed by atoms with Crippen molar-refractivity contribution in [1.82, 2.24) is 9.88 Å². The maximum absolute atomic E-state index is 5.53. The van der Waals surface area contributed by atoms with Gasteiger partial charge < -0.3 is 10.6 Å². The van der Waals surface area contributed by atoms with Crippen LogP contribution in [-0.4, -0.2) is 49.2 Å². The third-order valence-electron chi connectivity index (χ3n) is 3.63. The van der Waals surface area contributed by atoms with Gasteiger partial charge in [-0.3, -0.25) is 9.88 Å². The van der Waals surface area contributed by atoms with Crippen molar-refractivity contribution in [3.63, 3.8) is 0 Å². The van der Waals surface area contributed by atoms with Gasteiger partial charge in [-0.1, -0.05) is 0 Å². The average molecular weight is 248 g/mol. The third kappa shape index (κ3) is 3.43. The molecule has 0 aromatic carbocycles.